The third-order valence-corrected chi connectivity index (χ3v) is 5.97. The lowest BCUT2D eigenvalue weighted by atomic mass is 9.73. The number of allylic oxidation sites excluding steroid dienone is 1. The molecule has 0 saturated heterocycles. The maximum atomic E-state index is 13.5. The number of rotatable bonds is 9. The molecule has 0 radical (unpaired) electrons. The minimum atomic E-state index is -0.778. The van der Waals surface area contributed by atoms with Gasteiger partial charge < -0.3 is 19.5 Å². The van der Waals surface area contributed by atoms with E-state index in [2.05, 4.69) is 29.6 Å². The first-order chi connectivity index (χ1) is 16.6. The number of hydrogen-bond acceptors (Lipinski definition) is 5. The first-order valence-corrected chi connectivity index (χ1v) is 11.0. The van der Waals surface area contributed by atoms with Gasteiger partial charge in [0.1, 0.15) is 22.9 Å². The van der Waals surface area contributed by atoms with E-state index in [-0.39, 0.29) is 18.2 Å². The van der Waals surface area contributed by atoms with Crippen molar-refractivity contribution in [3.8, 4) is 17.2 Å². The van der Waals surface area contributed by atoms with Crippen LogP contribution in [0.1, 0.15) is 23.5 Å². The van der Waals surface area contributed by atoms with Crippen LogP contribution in [0.5, 0.6) is 17.2 Å². The predicted octanol–water partition coefficient (Wildman–Crippen LogP) is 5.25. The lowest BCUT2D eigenvalue weighted by Crippen LogP contribution is -2.36. The third kappa shape index (κ3) is 4.66. The molecule has 3 aromatic carbocycles. The highest BCUT2D eigenvalue weighted by molar-refractivity contribution is 5.96. The average Bonchev–Trinajstić information content (AvgIpc) is 3.34. The summed E-state index contributed by atoms with van der Waals surface area (Å²) in [6, 6.07) is 23.7. The largest absolute Gasteiger partial charge is 0.496 e. The van der Waals surface area contributed by atoms with Crippen LogP contribution in [0.2, 0.25) is 0 Å². The Morgan fingerprint density at radius 2 is 1.44 bits per heavy atom. The highest BCUT2D eigenvalue weighted by Gasteiger charge is 2.41. The van der Waals surface area contributed by atoms with Crippen molar-refractivity contribution >= 4 is 17.8 Å². The number of anilines is 1. The molecule has 0 aliphatic carbocycles. The molecule has 1 N–H and O–H groups in total. The van der Waals surface area contributed by atoms with Gasteiger partial charge in [-0.2, -0.15) is 0 Å². The number of carbonyl (C=O) groups excluding carboxylic acids is 1. The Bertz CT molecular complexity index is 1110. The van der Waals surface area contributed by atoms with E-state index >= 15 is 0 Å². The number of amides is 1. The zero-order chi connectivity index (χ0) is 24.0. The van der Waals surface area contributed by atoms with Crippen LogP contribution in [-0.2, 0) is 4.79 Å². The van der Waals surface area contributed by atoms with Gasteiger partial charge in [0.05, 0.1) is 33.3 Å². The topological polar surface area (TPSA) is 69.2 Å². The molecule has 1 unspecified atom stereocenters. The number of carbonyl (C=O) groups is 1. The van der Waals surface area contributed by atoms with Crippen LogP contribution in [0, 0.1) is 0 Å². The van der Waals surface area contributed by atoms with Gasteiger partial charge in [0.25, 0.3) is 0 Å². The predicted molar refractivity (Wildman–Crippen MR) is 134 cm³/mol. The van der Waals surface area contributed by atoms with Gasteiger partial charge in [-0.25, -0.2) is 0 Å². The SMILES string of the molecule is COc1cc(OC)c(NC(=O)CC2(C(c3ccccc3)c3ccccc3)C=CC=N2)c(OC)c1. The summed E-state index contributed by atoms with van der Waals surface area (Å²) in [6.07, 6.45) is 5.81. The van der Waals surface area contributed by atoms with Crippen LogP contribution in [0.4, 0.5) is 5.69 Å². The van der Waals surface area contributed by atoms with Crippen molar-refractivity contribution in [2.24, 2.45) is 4.99 Å². The lowest BCUT2D eigenvalue weighted by molar-refractivity contribution is -0.117. The number of ether oxygens (including phenoxy) is 3. The Balaban J connectivity index is 1.70. The molecule has 1 aliphatic rings. The molecule has 0 bridgehead atoms. The smallest absolute Gasteiger partial charge is 0.227 e. The Hall–Kier alpha value is -4.06. The molecule has 3 aromatic rings. The van der Waals surface area contributed by atoms with Crippen molar-refractivity contribution < 1.29 is 19.0 Å². The summed E-state index contributed by atoms with van der Waals surface area (Å²) < 4.78 is 16.3. The fraction of sp³-hybridized carbons (Fsp3) is 0.214. The molecule has 1 amide bonds. The molecule has 6 heteroatoms. The molecular weight excluding hydrogens is 428 g/mol. The molecule has 0 aromatic heterocycles. The van der Waals surface area contributed by atoms with Crippen molar-refractivity contribution in [1.29, 1.82) is 0 Å². The van der Waals surface area contributed by atoms with Crippen molar-refractivity contribution in [3.05, 3.63) is 96.1 Å². The number of nitrogens with one attached hydrogen (secondary N) is 1. The maximum absolute atomic E-state index is 13.5. The molecule has 0 spiro atoms. The summed E-state index contributed by atoms with van der Waals surface area (Å²) in [6.45, 7) is 0. The second-order valence-electron chi connectivity index (χ2n) is 8.01. The van der Waals surface area contributed by atoms with Crippen LogP contribution in [0.3, 0.4) is 0 Å². The standard InChI is InChI=1S/C28H28N2O4/c1-32-22-17-23(33-2)27(24(18-22)34-3)30-25(31)19-28(15-10-16-29-28)26(20-11-6-4-7-12-20)21-13-8-5-9-14-21/h4-18,26H,19H2,1-3H3,(H,30,31). The van der Waals surface area contributed by atoms with E-state index in [1.807, 2.05) is 48.6 Å². The summed E-state index contributed by atoms with van der Waals surface area (Å²) in [5.41, 5.74) is 1.85. The zero-order valence-electron chi connectivity index (χ0n) is 19.5. The highest BCUT2D eigenvalue weighted by Crippen LogP contribution is 2.44. The fourth-order valence-electron chi connectivity index (χ4n) is 4.44. The Morgan fingerprint density at radius 1 is 0.882 bits per heavy atom. The van der Waals surface area contributed by atoms with Gasteiger partial charge in [0.2, 0.25) is 5.91 Å². The summed E-state index contributed by atoms with van der Waals surface area (Å²) in [5, 5.41) is 2.99. The summed E-state index contributed by atoms with van der Waals surface area (Å²) in [7, 11) is 4.64. The van der Waals surface area contributed by atoms with E-state index in [0.717, 1.165) is 11.1 Å². The second kappa shape index (κ2) is 10.3. The van der Waals surface area contributed by atoms with Crippen molar-refractivity contribution in [2.45, 2.75) is 17.9 Å². The zero-order valence-corrected chi connectivity index (χ0v) is 19.5. The highest BCUT2D eigenvalue weighted by atomic mass is 16.5. The number of methoxy groups -OCH3 is 3. The summed E-state index contributed by atoms with van der Waals surface area (Å²) in [4.78, 5) is 18.3. The van der Waals surface area contributed by atoms with Crippen molar-refractivity contribution in [3.63, 3.8) is 0 Å². The molecule has 1 aliphatic heterocycles. The van der Waals surface area contributed by atoms with E-state index in [0.29, 0.717) is 22.9 Å². The molecule has 1 heterocycles. The minimum Gasteiger partial charge on any atom is -0.496 e. The number of aliphatic imine (C=N–C) groups is 1. The van der Waals surface area contributed by atoms with Gasteiger partial charge in [-0.3, -0.25) is 9.79 Å². The van der Waals surface area contributed by atoms with Gasteiger partial charge in [-0.15, -0.1) is 0 Å². The Labute approximate surface area is 199 Å². The normalized spacial score (nSPS) is 16.5. The number of nitrogens with zero attached hydrogens (tertiary/aromatic N) is 1. The second-order valence-corrected chi connectivity index (χ2v) is 8.01. The van der Waals surface area contributed by atoms with Gasteiger partial charge in [0.15, 0.2) is 0 Å². The minimum absolute atomic E-state index is 0.132. The number of hydrogen-bond donors (Lipinski definition) is 1. The van der Waals surface area contributed by atoms with Crippen molar-refractivity contribution in [2.75, 3.05) is 26.6 Å². The monoisotopic (exact) mass is 456 g/mol. The van der Waals surface area contributed by atoms with Gasteiger partial charge in [0, 0.05) is 24.3 Å². The summed E-state index contributed by atoms with van der Waals surface area (Å²) in [5.74, 6) is 1.12. The molecule has 174 valence electrons. The van der Waals surface area contributed by atoms with E-state index in [1.54, 1.807) is 25.5 Å². The summed E-state index contributed by atoms with van der Waals surface area (Å²) >= 11 is 0. The Kier molecular flexibility index (Phi) is 6.97. The van der Waals surface area contributed by atoms with Crippen LogP contribution in [-0.4, -0.2) is 39.0 Å². The maximum Gasteiger partial charge on any atom is 0.227 e. The van der Waals surface area contributed by atoms with E-state index in [1.165, 1.54) is 14.2 Å². The molecule has 0 fully saturated rings. The Morgan fingerprint density at radius 3 is 1.88 bits per heavy atom. The fourth-order valence-corrected chi connectivity index (χ4v) is 4.44. The number of benzene rings is 3. The quantitative estimate of drug-likeness (QED) is 0.477. The molecule has 4 rings (SSSR count). The van der Waals surface area contributed by atoms with E-state index in [4.69, 9.17) is 19.2 Å². The van der Waals surface area contributed by atoms with Gasteiger partial charge in [-0.05, 0) is 17.2 Å². The van der Waals surface area contributed by atoms with Crippen LogP contribution in [0.15, 0.2) is 89.9 Å². The van der Waals surface area contributed by atoms with Crippen LogP contribution < -0.4 is 19.5 Å². The molecular formula is C28H28N2O4. The molecule has 34 heavy (non-hydrogen) atoms. The van der Waals surface area contributed by atoms with Crippen LogP contribution in [0.25, 0.3) is 0 Å². The van der Waals surface area contributed by atoms with Gasteiger partial charge >= 0.3 is 0 Å². The van der Waals surface area contributed by atoms with E-state index < -0.39 is 5.54 Å². The average molecular weight is 457 g/mol. The van der Waals surface area contributed by atoms with Crippen molar-refractivity contribution in [1.82, 2.24) is 0 Å². The lowest BCUT2D eigenvalue weighted by Gasteiger charge is -2.34. The first-order valence-electron chi connectivity index (χ1n) is 11.0. The molecule has 6 nitrogen and oxygen atoms in total. The molecule has 0 saturated carbocycles. The molecule has 1 atom stereocenters. The van der Waals surface area contributed by atoms with Gasteiger partial charge in [-0.1, -0.05) is 66.7 Å². The first kappa shape index (κ1) is 23.1. The van der Waals surface area contributed by atoms with Crippen LogP contribution >= 0.6 is 0 Å². The third-order valence-electron chi connectivity index (χ3n) is 5.97. The van der Waals surface area contributed by atoms with E-state index in [9.17, 15) is 4.79 Å².